The van der Waals surface area contributed by atoms with Gasteiger partial charge in [0.25, 0.3) is 0 Å². The van der Waals surface area contributed by atoms with Crippen LogP contribution < -0.4 is 4.90 Å². The summed E-state index contributed by atoms with van der Waals surface area (Å²) in [5, 5.41) is 0. The Morgan fingerprint density at radius 2 is 1.57 bits per heavy atom. The van der Waals surface area contributed by atoms with Crippen molar-refractivity contribution in [2.24, 2.45) is 0 Å². The first kappa shape index (κ1) is 22.2. The lowest BCUT2D eigenvalue weighted by molar-refractivity contribution is -0.133. The number of hydrogen-bond acceptors (Lipinski definition) is 5. The molecule has 0 spiro atoms. The van der Waals surface area contributed by atoms with Crippen molar-refractivity contribution < 1.29 is 14.4 Å². The van der Waals surface area contributed by atoms with Crippen molar-refractivity contribution in [2.75, 3.05) is 31.1 Å². The van der Waals surface area contributed by atoms with Crippen LogP contribution in [0.4, 0.5) is 5.69 Å². The largest absolute Gasteiger partial charge is 0.368 e. The molecule has 1 saturated heterocycles. The van der Waals surface area contributed by atoms with E-state index < -0.39 is 0 Å². The summed E-state index contributed by atoms with van der Waals surface area (Å²) in [6, 6.07) is 10.1. The van der Waals surface area contributed by atoms with E-state index in [1.165, 1.54) is 28.2 Å². The second-order valence-corrected chi connectivity index (χ2v) is 9.25. The smallest absolute Gasteiger partial charge is 0.223 e. The summed E-state index contributed by atoms with van der Waals surface area (Å²) in [5.41, 5.74) is 3.80. The van der Waals surface area contributed by atoms with E-state index in [4.69, 9.17) is 0 Å². The maximum Gasteiger partial charge on any atom is 0.223 e. The van der Waals surface area contributed by atoms with Crippen LogP contribution in [0.2, 0.25) is 0 Å². The summed E-state index contributed by atoms with van der Waals surface area (Å²) in [4.78, 5) is 42.8. The second-order valence-electron chi connectivity index (χ2n) is 7.96. The van der Waals surface area contributed by atoms with Crippen LogP contribution in [0.25, 0.3) is 0 Å². The fraction of sp³-hybridized carbons (Fsp3) is 0.458. The minimum Gasteiger partial charge on any atom is -0.368 e. The molecule has 2 heterocycles. The van der Waals surface area contributed by atoms with Gasteiger partial charge in [-0.15, -0.1) is 11.3 Å². The molecule has 1 fully saturated rings. The van der Waals surface area contributed by atoms with Gasteiger partial charge >= 0.3 is 0 Å². The van der Waals surface area contributed by atoms with Crippen LogP contribution in [0.1, 0.15) is 51.4 Å². The van der Waals surface area contributed by atoms with Crippen LogP contribution in [0.15, 0.2) is 30.3 Å². The van der Waals surface area contributed by atoms with Crippen molar-refractivity contribution in [3.05, 3.63) is 51.2 Å². The van der Waals surface area contributed by atoms with E-state index in [0.717, 1.165) is 18.0 Å². The lowest BCUT2D eigenvalue weighted by atomic mass is 10.1. The third-order valence-electron chi connectivity index (χ3n) is 5.81. The average molecular weight is 427 g/mol. The number of rotatable bonds is 8. The number of thiophene rings is 1. The first-order valence-electron chi connectivity index (χ1n) is 10.6. The molecule has 1 aliphatic rings. The first-order chi connectivity index (χ1) is 14.3. The van der Waals surface area contributed by atoms with Gasteiger partial charge in [-0.05, 0) is 50.1 Å². The molecule has 0 N–H and O–H groups in total. The van der Waals surface area contributed by atoms with Crippen molar-refractivity contribution in [1.29, 1.82) is 0 Å². The molecule has 1 aromatic carbocycles. The number of carbonyl (C=O) groups is 3. The maximum atomic E-state index is 12.5. The number of amides is 1. The molecule has 0 saturated carbocycles. The Morgan fingerprint density at radius 1 is 0.867 bits per heavy atom. The van der Waals surface area contributed by atoms with Crippen LogP contribution in [0.5, 0.6) is 0 Å². The quantitative estimate of drug-likeness (QED) is 0.590. The molecule has 30 heavy (non-hydrogen) atoms. The fourth-order valence-electron chi connectivity index (χ4n) is 3.76. The Morgan fingerprint density at radius 3 is 2.23 bits per heavy atom. The molecule has 1 aromatic heterocycles. The third-order valence-corrected chi connectivity index (χ3v) is 6.85. The SMILES string of the molecule is Cc1ccc(C(=O)CCC(=O)CCC(=O)N2CCN(c3cccc(C)c3C)CC2)s1. The lowest BCUT2D eigenvalue weighted by Gasteiger charge is -2.37. The summed E-state index contributed by atoms with van der Waals surface area (Å²) in [7, 11) is 0. The molecule has 160 valence electrons. The monoisotopic (exact) mass is 426 g/mol. The van der Waals surface area contributed by atoms with Crippen molar-refractivity contribution >= 4 is 34.5 Å². The number of hydrogen-bond donors (Lipinski definition) is 0. The van der Waals surface area contributed by atoms with Gasteiger partial charge in [0.05, 0.1) is 4.88 Å². The Hall–Kier alpha value is -2.47. The molecule has 5 nitrogen and oxygen atoms in total. The number of Topliss-reactive ketones (excluding diaryl/α,β-unsaturated/α-hetero) is 2. The highest BCUT2D eigenvalue weighted by Crippen LogP contribution is 2.24. The van der Waals surface area contributed by atoms with Crippen molar-refractivity contribution in [3.63, 3.8) is 0 Å². The van der Waals surface area contributed by atoms with E-state index >= 15 is 0 Å². The van der Waals surface area contributed by atoms with Crippen molar-refractivity contribution in [1.82, 2.24) is 4.90 Å². The van der Waals surface area contributed by atoms with Gasteiger partial charge in [0, 0.05) is 62.4 Å². The molecule has 0 atom stereocenters. The van der Waals surface area contributed by atoms with Crippen LogP contribution in [-0.4, -0.2) is 48.6 Å². The van der Waals surface area contributed by atoms with Gasteiger partial charge in [0.15, 0.2) is 5.78 Å². The molecular weight excluding hydrogens is 396 g/mol. The summed E-state index contributed by atoms with van der Waals surface area (Å²) < 4.78 is 0. The highest BCUT2D eigenvalue weighted by Gasteiger charge is 2.22. The van der Waals surface area contributed by atoms with E-state index in [-0.39, 0.29) is 43.2 Å². The molecule has 0 bridgehead atoms. The zero-order chi connectivity index (χ0) is 21.7. The number of piperazine rings is 1. The Balaban J connectivity index is 1.40. The topological polar surface area (TPSA) is 57.7 Å². The van der Waals surface area contributed by atoms with Crippen LogP contribution in [-0.2, 0) is 9.59 Å². The van der Waals surface area contributed by atoms with Crippen LogP contribution in [0.3, 0.4) is 0 Å². The molecule has 6 heteroatoms. The van der Waals surface area contributed by atoms with E-state index in [1.807, 2.05) is 24.0 Å². The fourth-order valence-corrected chi connectivity index (χ4v) is 4.60. The number of benzene rings is 1. The van der Waals surface area contributed by atoms with E-state index in [0.29, 0.717) is 18.0 Å². The van der Waals surface area contributed by atoms with Crippen molar-refractivity contribution in [3.8, 4) is 0 Å². The molecular formula is C24H30N2O3S. The molecule has 3 rings (SSSR count). The van der Waals surface area contributed by atoms with Crippen LogP contribution in [0, 0.1) is 20.8 Å². The molecule has 1 amide bonds. The lowest BCUT2D eigenvalue weighted by Crippen LogP contribution is -2.49. The summed E-state index contributed by atoms with van der Waals surface area (Å²) >= 11 is 1.46. The summed E-state index contributed by atoms with van der Waals surface area (Å²) in [5.74, 6) is 0.0264. The highest BCUT2D eigenvalue weighted by atomic mass is 32.1. The minimum absolute atomic E-state index is 0.00957. The zero-order valence-electron chi connectivity index (χ0n) is 18.1. The normalized spacial score (nSPS) is 14.1. The number of aryl methyl sites for hydroxylation is 2. The molecule has 0 aliphatic carbocycles. The summed E-state index contributed by atoms with van der Waals surface area (Å²) in [6.45, 7) is 9.17. The molecule has 1 aliphatic heterocycles. The highest BCUT2D eigenvalue weighted by molar-refractivity contribution is 7.14. The van der Waals surface area contributed by atoms with Crippen LogP contribution >= 0.6 is 11.3 Å². The van der Waals surface area contributed by atoms with Crippen molar-refractivity contribution in [2.45, 2.75) is 46.5 Å². The summed E-state index contributed by atoms with van der Waals surface area (Å²) in [6.07, 6.45) is 0.881. The Labute approximate surface area is 182 Å². The predicted octanol–water partition coefficient (Wildman–Crippen LogP) is 4.33. The predicted molar refractivity (Wildman–Crippen MR) is 122 cm³/mol. The van der Waals surface area contributed by atoms with Gasteiger partial charge in [-0.25, -0.2) is 0 Å². The van der Waals surface area contributed by atoms with Gasteiger partial charge in [0.1, 0.15) is 5.78 Å². The number of nitrogens with zero attached hydrogens (tertiary/aromatic N) is 2. The van der Waals surface area contributed by atoms with E-state index in [2.05, 4.69) is 36.9 Å². The molecule has 2 aromatic rings. The maximum absolute atomic E-state index is 12.5. The minimum atomic E-state index is -0.0148. The Bertz CT molecular complexity index is 926. The molecule has 0 radical (unpaired) electrons. The second kappa shape index (κ2) is 10.0. The third kappa shape index (κ3) is 5.57. The average Bonchev–Trinajstić information content (AvgIpc) is 3.19. The number of carbonyl (C=O) groups excluding carboxylic acids is 3. The standard InChI is InChI=1S/C24H30N2O3S/c1-17-5-4-6-21(19(17)3)25-13-15-26(16-14-25)24(29)12-9-20(27)8-10-22(28)23-11-7-18(2)30-23/h4-7,11H,8-10,12-16H2,1-3H3. The van der Waals surface area contributed by atoms with Gasteiger partial charge in [-0.3, -0.25) is 14.4 Å². The van der Waals surface area contributed by atoms with Gasteiger partial charge in [-0.1, -0.05) is 12.1 Å². The number of ketones is 2. The van der Waals surface area contributed by atoms with Gasteiger partial charge in [-0.2, -0.15) is 0 Å². The zero-order valence-corrected chi connectivity index (χ0v) is 18.9. The Kier molecular flexibility index (Phi) is 7.43. The first-order valence-corrected chi connectivity index (χ1v) is 11.4. The number of anilines is 1. The van der Waals surface area contributed by atoms with E-state index in [9.17, 15) is 14.4 Å². The van der Waals surface area contributed by atoms with E-state index in [1.54, 1.807) is 0 Å². The van der Waals surface area contributed by atoms with Gasteiger partial charge in [0.2, 0.25) is 5.91 Å². The van der Waals surface area contributed by atoms with Gasteiger partial charge < -0.3 is 9.80 Å². The molecule has 0 unspecified atom stereocenters.